The molecule has 0 amide bonds. The van der Waals surface area contributed by atoms with Crippen molar-refractivity contribution in [1.82, 2.24) is 4.37 Å². The molecule has 1 aromatic carbocycles. The van der Waals surface area contributed by atoms with Crippen LogP contribution in [0.3, 0.4) is 0 Å². The third-order valence-electron chi connectivity index (χ3n) is 1.90. The van der Waals surface area contributed by atoms with Crippen molar-refractivity contribution in [3.05, 3.63) is 23.9 Å². The molecule has 0 aliphatic rings. The first-order valence-corrected chi connectivity index (χ1v) is 4.74. The second-order valence-corrected chi connectivity index (χ2v) is 3.74. The number of aromatic nitrogens is 1. The number of nitrogens with zero attached hydrogens (tertiary/aromatic N) is 1. The Bertz CT molecular complexity index is 436. The Kier molecular flexibility index (Phi) is 1.92. The maximum absolute atomic E-state index is 13.0. The smallest absolute Gasteiger partial charge is 0.141 e. The summed E-state index contributed by atoms with van der Waals surface area (Å²) in [5.74, 6) is 0. The molecular formula is C9H9FN2S. The molecule has 0 spiro atoms. The fourth-order valence-corrected chi connectivity index (χ4v) is 2.09. The molecule has 68 valence electrons. The average Bonchev–Trinajstić information content (AvgIpc) is 2.46. The molecule has 2 N–H and O–H groups in total. The quantitative estimate of drug-likeness (QED) is 0.712. The molecule has 0 saturated carbocycles. The van der Waals surface area contributed by atoms with Crippen LogP contribution < -0.4 is 5.73 Å². The molecule has 13 heavy (non-hydrogen) atoms. The highest BCUT2D eigenvalue weighted by molar-refractivity contribution is 7.13. The van der Waals surface area contributed by atoms with E-state index < -0.39 is 6.17 Å². The van der Waals surface area contributed by atoms with E-state index in [1.54, 1.807) is 12.1 Å². The van der Waals surface area contributed by atoms with Crippen LogP contribution in [0, 0.1) is 0 Å². The molecule has 2 rings (SSSR count). The van der Waals surface area contributed by atoms with Gasteiger partial charge in [0.2, 0.25) is 0 Å². The van der Waals surface area contributed by atoms with Gasteiger partial charge >= 0.3 is 0 Å². The van der Waals surface area contributed by atoms with Gasteiger partial charge in [-0.1, -0.05) is 0 Å². The van der Waals surface area contributed by atoms with Gasteiger partial charge in [-0.3, -0.25) is 0 Å². The van der Waals surface area contributed by atoms with Crippen LogP contribution in [-0.2, 0) is 0 Å². The van der Waals surface area contributed by atoms with E-state index in [2.05, 4.69) is 4.37 Å². The SMILES string of the molecule is CC(F)c1nsc2ccc(N)cc12. The molecule has 0 fully saturated rings. The Hall–Kier alpha value is -1.16. The predicted molar refractivity (Wildman–Crippen MR) is 53.6 cm³/mol. The molecule has 2 nitrogen and oxygen atoms in total. The van der Waals surface area contributed by atoms with Crippen LogP contribution in [0.1, 0.15) is 18.8 Å². The first kappa shape index (κ1) is 8.44. The number of nitrogens with two attached hydrogens (primary N) is 1. The molecule has 4 heteroatoms. The van der Waals surface area contributed by atoms with Crippen LogP contribution in [0.4, 0.5) is 10.1 Å². The van der Waals surface area contributed by atoms with Crippen LogP contribution in [0.5, 0.6) is 0 Å². The lowest BCUT2D eigenvalue weighted by molar-refractivity contribution is 0.370. The molecule has 1 aromatic heterocycles. The third-order valence-corrected chi connectivity index (χ3v) is 2.74. The molecular weight excluding hydrogens is 187 g/mol. The lowest BCUT2D eigenvalue weighted by Crippen LogP contribution is -1.87. The number of benzene rings is 1. The van der Waals surface area contributed by atoms with Crippen molar-refractivity contribution in [2.45, 2.75) is 13.1 Å². The summed E-state index contributed by atoms with van der Waals surface area (Å²) in [6.07, 6.45) is -1.03. The molecule has 2 aromatic rings. The fourth-order valence-electron chi connectivity index (χ4n) is 1.26. The molecule has 0 bridgehead atoms. The predicted octanol–water partition coefficient (Wildman–Crippen LogP) is 2.91. The molecule has 0 aliphatic heterocycles. The van der Waals surface area contributed by atoms with E-state index in [9.17, 15) is 4.39 Å². The maximum atomic E-state index is 13.0. The maximum Gasteiger partial charge on any atom is 0.141 e. The van der Waals surface area contributed by atoms with Crippen molar-refractivity contribution in [2.24, 2.45) is 0 Å². The number of hydrogen-bond acceptors (Lipinski definition) is 3. The summed E-state index contributed by atoms with van der Waals surface area (Å²) in [7, 11) is 0. The van der Waals surface area contributed by atoms with Crippen molar-refractivity contribution in [3.63, 3.8) is 0 Å². The topological polar surface area (TPSA) is 38.9 Å². The van der Waals surface area contributed by atoms with Gasteiger partial charge in [0.1, 0.15) is 6.17 Å². The second kappa shape index (κ2) is 2.96. The monoisotopic (exact) mass is 196 g/mol. The summed E-state index contributed by atoms with van der Waals surface area (Å²) in [5, 5.41) is 0.833. The zero-order chi connectivity index (χ0) is 9.42. The van der Waals surface area contributed by atoms with E-state index in [4.69, 9.17) is 5.73 Å². The van der Waals surface area contributed by atoms with E-state index in [0.717, 1.165) is 10.1 Å². The van der Waals surface area contributed by atoms with Gasteiger partial charge < -0.3 is 5.73 Å². The highest BCUT2D eigenvalue weighted by Crippen LogP contribution is 2.29. The molecule has 1 heterocycles. The van der Waals surface area contributed by atoms with Gasteiger partial charge in [0.05, 0.1) is 10.4 Å². The van der Waals surface area contributed by atoms with Gasteiger partial charge in [0.25, 0.3) is 0 Å². The van der Waals surface area contributed by atoms with Gasteiger partial charge in [-0.2, -0.15) is 4.37 Å². The van der Waals surface area contributed by atoms with Gasteiger partial charge in [-0.05, 0) is 36.7 Å². The zero-order valence-corrected chi connectivity index (χ0v) is 7.94. The highest BCUT2D eigenvalue weighted by atomic mass is 32.1. The van der Waals surface area contributed by atoms with Crippen LogP contribution in [0.15, 0.2) is 18.2 Å². The van der Waals surface area contributed by atoms with E-state index in [0.29, 0.717) is 11.4 Å². The number of hydrogen-bond donors (Lipinski definition) is 1. The van der Waals surface area contributed by atoms with Gasteiger partial charge in [-0.25, -0.2) is 4.39 Å². The van der Waals surface area contributed by atoms with Crippen molar-refractivity contribution in [3.8, 4) is 0 Å². The highest BCUT2D eigenvalue weighted by Gasteiger charge is 2.11. The lowest BCUT2D eigenvalue weighted by Gasteiger charge is -1.97. The zero-order valence-electron chi connectivity index (χ0n) is 7.12. The molecule has 0 saturated heterocycles. The summed E-state index contributed by atoms with van der Waals surface area (Å²) >= 11 is 1.31. The molecule has 1 atom stereocenters. The first-order chi connectivity index (χ1) is 6.18. The minimum absolute atomic E-state index is 0.493. The first-order valence-electron chi connectivity index (χ1n) is 3.97. The standard InChI is InChI=1S/C9H9FN2S/c1-5(10)9-7-4-6(11)2-3-8(7)13-12-9/h2-5H,11H2,1H3. The van der Waals surface area contributed by atoms with Gasteiger partial charge in [0, 0.05) is 11.1 Å². The largest absolute Gasteiger partial charge is 0.399 e. The number of fused-ring (bicyclic) bond motifs is 1. The summed E-state index contributed by atoms with van der Waals surface area (Å²) in [6.45, 7) is 1.48. The fraction of sp³-hybridized carbons (Fsp3) is 0.222. The second-order valence-electron chi connectivity index (χ2n) is 2.94. The molecule has 0 radical (unpaired) electrons. The summed E-state index contributed by atoms with van der Waals surface area (Å²) in [5.41, 5.74) is 6.75. The van der Waals surface area contributed by atoms with E-state index >= 15 is 0 Å². The summed E-state index contributed by atoms with van der Waals surface area (Å²) in [4.78, 5) is 0. The summed E-state index contributed by atoms with van der Waals surface area (Å²) < 4.78 is 18.1. The number of halogens is 1. The molecule has 1 unspecified atom stereocenters. The van der Waals surface area contributed by atoms with Crippen LogP contribution >= 0.6 is 11.5 Å². The third kappa shape index (κ3) is 1.37. The van der Waals surface area contributed by atoms with Crippen molar-refractivity contribution in [2.75, 3.05) is 5.73 Å². The number of rotatable bonds is 1. The summed E-state index contributed by atoms with van der Waals surface area (Å²) in [6, 6.07) is 5.44. The Balaban J connectivity index is 2.71. The number of alkyl halides is 1. The van der Waals surface area contributed by atoms with Crippen molar-refractivity contribution >= 4 is 27.3 Å². The van der Waals surface area contributed by atoms with Crippen LogP contribution in [0.2, 0.25) is 0 Å². The van der Waals surface area contributed by atoms with Crippen molar-refractivity contribution < 1.29 is 4.39 Å². The van der Waals surface area contributed by atoms with E-state index in [-0.39, 0.29) is 0 Å². The molecule has 0 aliphatic carbocycles. The van der Waals surface area contributed by atoms with Crippen LogP contribution in [-0.4, -0.2) is 4.37 Å². The Morgan fingerprint density at radius 2 is 2.31 bits per heavy atom. The Morgan fingerprint density at radius 1 is 1.54 bits per heavy atom. The van der Waals surface area contributed by atoms with E-state index in [1.165, 1.54) is 18.5 Å². The lowest BCUT2D eigenvalue weighted by atomic mass is 10.1. The normalized spacial score (nSPS) is 13.4. The Morgan fingerprint density at radius 3 is 3.00 bits per heavy atom. The average molecular weight is 196 g/mol. The van der Waals surface area contributed by atoms with Gasteiger partial charge in [0.15, 0.2) is 0 Å². The van der Waals surface area contributed by atoms with Crippen LogP contribution in [0.25, 0.3) is 10.1 Å². The van der Waals surface area contributed by atoms with Gasteiger partial charge in [-0.15, -0.1) is 0 Å². The van der Waals surface area contributed by atoms with E-state index in [1.807, 2.05) is 6.07 Å². The number of nitrogen functional groups attached to an aromatic ring is 1. The number of anilines is 1. The Labute approximate surface area is 79.3 Å². The van der Waals surface area contributed by atoms with Crippen molar-refractivity contribution in [1.29, 1.82) is 0 Å². The minimum atomic E-state index is -1.03. The minimum Gasteiger partial charge on any atom is -0.399 e.